The van der Waals surface area contributed by atoms with Crippen molar-refractivity contribution in [3.63, 3.8) is 0 Å². The molecule has 0 saturated carbocycles. The van der Waals surface area contributed by atoms with Gasteiger partial charge in [-0.2, -0.15) is 29.7 Å². The van der Waals surface area contributed by atoms with E-state index >= 15 is 0 Å². The van der Waals surface area contributed by atoms with Crippen molar-refractivity contribution in [1.29, 1.82) is 0 Å². The quantitative estimate of drug-likeness (QED) is 0.334. The molecule has 0 atom stereocenters. The molecule has 1 aliphatic heterocycles. The minimum atomic E-state index is -0.956. The van der Waals surface area contributed by atoms with E-state index in [1.807, 2.05) is 30.3 Å². The van der Waals surface area contributed by atoms with Crippen molar-refractivity contribution in [2.75, 3.05) is 0 Å². The number of fused-ring (bicyclic) bond motifs is 1. The molecular formula is C18H20Cl2SiZr. The minimum absolute atomic E-state index is 0. The van der Waals surface area contributed by atoms with E-state index in [0.717, 1.165) is 0 Å². The summed E-state index contributed by atoms with van der Waals surface area (Å²) in [6, 6.07) is 26.6. The van der Waals surface area contributed by atoms with Crippen LogP contribution in [0.2, 0.25) is 18.6 Å². The monoisotopic (exact) mass is 424 g/mol. The summed E-state index contributed by atoms with van der Waals surface area (Å²) < 4.78 is 0. The van der Waals surface area contributed by atoms with Gasteiger partial charge in [0.1, 0.15) is 0 Å². The molecule has 1 heterocycles. The van der Waals surface area contributed by atoms with Crippen molar-refractivity contribution in [2.45, 2.75) is 25.1 Å². The fourth-order valence-corrected chi connectivity index (χ4v) is 5.82. The zero-order valence-corrected chi connectivity index (χ0v) is 17.7. The first-order valence-corrected chi connectivity index (χ1v) is 10.0. The summed E-state index contributed by atoms with van der Waals surface area (Å²) in [4.78, 5) is 0. The van der Waals surface area contributed by atoms with E-state index in [9.17, 15) is 0 Å². The largest absolute Gasteiger partial charge is 4.00 e. The van der Waals surface area contributed by atoms with Gasteiger partial charge in [-0.15, -0.1) is 34.8 Å². The zero-order chi connectivity index (χ0) is 13.1. The van der Waals surface area contributed by atoms with Crippen LogP contribution >= 0.6 is 0 Å². The van der Waals surface area contributed by atoms with Crippen LogP contribution in [-0.2, 0) is 26.2 Å². The van der Waals surface area contributed by atoms with E-state index in [1.165, 1.54) is 29.3 Å². The van der Waals surface area contributed by atoms with Crippen LogP contribution in [0.3, 0.4) is 0 Å². The first-order valence-electron chi connectivity index (χ1n) is 7.11. The Morgan fingerprint density at radius 1 is 0.955 bits per heavy atom. The molecule has 1 saturated heterocycles. The maximum absolute atomic E-state index is 2.53. The number of hydrogen-bond donors (Lipinski definition) is 0. The molecule has 3 aromatic rings. The Bertz CT molecular complexity index is 592. The van der Waals surface area contributed by atoms with Crippen LogP contribution < -0.4 is 30.0 Å². The van der Waals surface area contributed by atoms with E-state index in [2.05, 4.69) is 42.9 Å². The molecule has 22 heavy (non-hydrogen) atoms. The van der Waals surface area contributed by atoms with Crippen molar-refractivity contribution < 1.29 is 51.0 Å². The van der Waals surface area contributed by atoms with Crippen molar-refractivity contribution in [1.82, 2.24) is 0 Å². The Morgan fingerprint density at radius 2 is 1.59 bits per heavy atom. The van der Waals surface area contributed by atoms with Crippen LogP contribution in [0.15, 0.2) is 66.7 Å². The second-order valence-electron chi connectivity index (χ2n) is 5.75. The van der Waals surface area contributed by atoms with Crippen LogP contribution in [0.1, 0.15) is 6.42 Å². The maximum Gasteiger partial charge on any atom is 4.00 e. The van der Waals surface area contributed by atoms with Crippen molar-refractivity contribution >= 4 is 24.0 Å². The predicted molar refractivity (Wildman–Crippen MR) is 87.1 cm³/mol. The van der Waals surface area contributed by atoms with Crippen LogP contribution in [0.4, 0.5) is 0 Å². The van der Waals surface area contributed by atoms with E-state index in [-0.39, 0.29) is 51.0 Å². The molecule has 4 rings (SSSR count). The summed E-state index contributed by atoms with van der Waals surface area (Å²) in [5, 5.41) is 4.55. The number of benzene rings is 1. The van der Waals surface area contributed by atoms with Crippen LogP contribution in [0.5, 0.6) is 0 Å². The molecule has 0 nitrogen and oxygen atoms in total. The van der Waals surface area contributed by atoms with E-state index < -0.39 is 8.07 Å². The van der Waals surface area contributed by atoms with Gasteiger partial charge in [0.15, 0.2) is 0 Å². The molecule has 1 fully saturated rings. The number of rotatable bonds is 1. The summed E-state index contributed by atoms with van der Waals surface area (Å²) in [6.45, 7) is 2.53. The van der Waals surface area contributed by atoms with E-state index in [4.69, 9.17) is 0 Å². The molecule has 0 amide bonds. The molecule has 0 radical (unpaired) electrons. The van der Waals surface area contributed by atoms with Crippen LogP contribution in [0.25, 0.3) is 10.8 Å². The third kappa shape index (κ3) is 4.93. The zero-order valence-electron chi connectivity index (χ0n) is 12.7. The summed E-state index contributed by atoms with van der Waals surface area (Å²) in [6.07, 6.45) is 1.46. The van der Waals surface area contributed by atoms with Crippen molar-refractivity contribution in [2.24, 2.45) is 0 Å². The van der Waals surface area contributed by atoms with Gasteiger partial charge in [0.25, 0.3) is 0 Å². The maximum atomic E-state index is 2.53. The van der Waals surface area contributed by atoms with Gasteiger partial charge in [0.05, 0.1) is 8.07 Å². The van der Waals surface area contributed by atoms with Gasteiger partial charge in [-0.1, -0.05) is 31.1 Å². The normalized spacial score (nSPS) is 14.2. The first-order chi connectivity index (χ1) is 9.28. The Kier molecular flexibility index (Phi) is 9.82. The molecule has 1 aliphatic rings. The molecule has 0 unspecified atom stereocenters. The van der Waals surface area contributed by atoms with E-state index in [1.54, 1.807) is 5.19 Å². The van der Waals surface area contributed by atoms with Gasteiger partial charge in [-0.25, -0.2) is 12.1 Å². The molecule has 0 spiro atoms. The van der Waals surface area contributed by atoms with Crippen molar-refractivity contribution in [3.05, 3.63) is 66.7 Å². The third-order valence-corrected chi connectivity index (χ3v) is 8.92. The summed E-state index contributed by atoms with van der Waals surface area (Å²) in [5.41, 5.74) is 0. The molecule has 3 aromatic carbocycles. The first kappa shape index (κ1) is 21.9. The standard InChI is InChI=1S/C13H15Si.C5H5.2ClH.Zr/c1-14(7-4-8-14)13-9-11-5-2-3-6-12(11)10-13;1-2-4-5-3-1;;;/h2-3,5-6,9-10H,4,7-8H2,1H3;1-5H;2*1H;/q2*-1;;;+4/p-2. The average molecular weight is 427 g/mol. The Hall–Kier alpha value is -0.140. The molecule has 114 valence electrons. The molecule has 0 aromatic heterocycles. The Labute approximate surface area is 166 Å². The number of hydrogen-bond acceptors (Lipinski definition) is 0. The third-order valence-electron chi connectivity index (χ3n) is 4.33. The number of halogens is 2. The SMILES string of the molecule is C[Si]1(c2cc3ccccc3[cH-]2)CCC1.[Cl-].[Cl-].[Zr+4].c1cc[cH-]c1. The smallest absolute Gasteiger partial charge is 1.00 e. The fraction of sp³-hybridized carbons (Fsp3) is 0.222. The van der Waals surface area contributed by atoms with E-state index in [0.29, 0.717) is 0 Å². The van der Waals surface area contributed by atoms with Crippen LogP contribution in [-0.4, -0.2) is 8.07 Å². The van der Waals surface area contributed by atoms with Gasteiger partial charge >= 0.3 is 26.2 Å². The van der Waals surface area contributed by atoms with Gasteiger partial charge in [-0.3, -0.25) is 0 Å². The predicted octanol–water partition coefficient (Wildman–Crippen LogP) is -1.34. The molecule has 0 aliphatic carbocycles. The molecule has 0 bridgehead atoms. The van der Waals surface area contributed by atoms with Gasteiger partial charge in [0, 0.05) is 0 Å². The summed E-state index contributed by atoms with van der Waals surface area (Å²) in [5.74, 6) is 0. The average Bonchev–Trinajstić information content (AvgIpc) is 3.07. The minimum Gasteiger partial charge on any atom is -1.00 e. The fourth-order valence-electron chi connectivity index (χ4n) is 2.82. The Balaban J connectivity index is 0.000000482. The van der Waals surface area contributed by atoms with Gasteiger partial charge in [-0.05, 0) is 0 Å². The van der Waals surface area contributed by atoms with Crippen LogP contribution in [0, 0.1) is 0 Å². The molecular weight excluding hydrogens is 406 g/mol. The second kappa shape index (κ2) is 9.88. The van der Waals surface area contributed by atoms with Gasteiger partial charge < -0.3 is 24.8 Å². The molecule has 4 heteroatoms. The van der Waals surface area contributed by atoms with Crippen molar-refractivity contribution in [3.8, 4) is 0 Å². The topological polar surface area (TPSA) is 0 Å². The molecule has 0 N–H and O–H groups in total. The summed E-state index contributed by atoms with van der Waals surface area (Å²) in [7, 11) is -0.956. The van der Waals surface area contributed by atoms with Gasteiger partial charge in [0.2, 0.25) is 0 Å². The second-order valence-corrected chi connectivity index (χ2v) is 10.4. The Morgan fingerprint density at radius 3 is 2.05 bits per heavy atom. The summed E-state index contributed by atoms with van der Waals surface area (Å²) >= 11 is 0.